The highest BCUT2D eigenvalue weighted by Gasteiger charge is 2.31. The molecule has 0 radical (unpaired) electrons. The van der Waals surface area contributed by atoms with Crippen LogP contribution < -0.4 is 5.32 Å². The molecule has 0 spiro atoms. The Morgan fingerprint density at radius 1 is 0.871 bits per heavy atom. The lowest BCUT2D eigenvalue weighted by atomic mass is 9.70. The predicted octanol–water partition coefficient (Wildman–Crippen LogP) is 8.36. The summed E-state index contributed by atoms with van der Waals surface area (Å²) in [6.45, 7) is 10.7. The zero-order valence-electron chi connectivity index (χ0n) is 21.3. The molecule has 3 heteroatoms. The van der Waals surface area contributed by atoms with Gasteiger partial charge in [-0.3, -0.25) is 0 Å². The molecule has 3 aliphatic rings. The Morgan fingerprint density at radius 2 is 1.58 bits per heavy atom. The summed E-state index contributed by atoms with van der Waals surface area (Å²) in [6, 6.07) is 0.663. The molecule has 184 valence electrons. The highest BCUT2D eigenvalue weighted by Crippen LogP contribution is 2.42. The lowest BCUT2D eigenvalue weighted by molar-refractivity contribution is 0.0722. The number of alkyl halides is 1. The summed E-state index contributed by atoms with van der Waals surface area (Å²) in [5.74, 6) is 3.85. The minimum Gasteiger partial charge on any atom is -0.377 e. The second kappa shape index (κ2) is 15.9. The SMILES string of the molecule is CC1CCCCC1.CCOC(C)CNC(CC)CC1CCC(C2CCCC(Cl)C2)CC1. The van der Waals surface area contributed by atoms with Gasteiger partial charge >= 0.3 is 0 Å². The molecule has 3 aliphatic carbocycles. The van der Waals surface area contributed by atoms with E-state index in [1.165, 1.54) is 96.3 Å². The molecule has 2 nitrogen and oxygen atoms in total. The zero-order chi connectivity index (χ0) is 22.5. The maximum atomic E-state index is 6.41. The molecular weight excluding hydrogens is 402 g/mol. The minimum absolute atomic E-state index is 0.328. The average Bonchev–Trinajstić information content (AvgIpc) is 2.78. The van der Waals surface area contributed by atoms with Crippen LogP contribution in [0.4, 0.5) is 0 Å². The first kappa shape index (κ1) is 27.5. The van der Waals surface area contributed by atoms with Crippen LogP contribution in [0.3, 0.4) is 0 Å². The smallest absolute Gasteiger partial charge is 0.0671 e. The van der Waals surface area contributed by atoms with Crippen LogP contribution in [0.2, 0.25) is 0 Å². The van der Waals surface area contributed by atoms with Crippen molar-refractivity contribution in [3.63, 3.8) is 0 Å². The topological polar surface area (TPSA) is 21.3 Å². The van der Waals surface area contributed by atoms with Crippen molar-refractivity contribution >= 4 is 11.6 Å². The normalized spacial score (nSPS) is 32.0. The van der Waals surface area contributed by atoms with Crippen molar-refractivity contribution in [2.24, 2.45) is 23.7 Å². The fraction of sp³-hybridized carbons (Fsp3) is 1.00. The number of ether oxygens (including phenoxy) is 1. The summed E-state index contributed by atoms with van der Waals surface area (Å²) in [5, 5.41) is 4.20. The molecule has 1 N–H and O–H groups in total. The van der Waals surface area contributed by atoms with Gasteiger partial charge in [0.2, 0.25) is 0 Å². The van der Waals surface area contributed by atoms with E-state index in [1.54, 1.807) is 0 Å². The van der Waals surface area contributed by atoms with Crippen LogP contribution in [0.25, 0.3) is 0 Å². The van der Waals surface area contributed by atoms with Gasteiger partial charge in [-0.2, -0.15) is 0 Å². The molecule has 3 saturated carbocycles. The molecule has 4 atom stereocenters. The van der Waals surface area contributed by atoms with Crippen LogP contribution in [0.1, 0.15) is 124 Å². The molecule has 0 aromatic rings. The third-order valence-corrected chi connectivity index (χ3v) is 8.75. The summed E-state index contributed by atoms with van der Waals surface area (Å²) in [4.78, 5) is 0. The second-order valence-electron chi connectivity index (χ2n) is 11.1. The Labute approximate surface area is 200 Å². The quantitative estimate of drug-likeness (QED) is 0.352. The Balaban J connectivity index is 0.000000412. The Hall–Kier alpha value is 0.210. The van der Waals surface area contributed by atoms with Gasteiger partial charge in [0.25, 0.3) is 0 Å². The molecule has 0 saturated heterocycles. The highest BCUT2D eigenvalue weighted by molar-refractivity contribution is 6.20. The average molecular weight is 456 g/mol. The molecule has 0 bridgehead atoms. The summed E-state index contributed by atoms with van der Waals surface area (Å²) < 4.78 is 5.64. The molecule has 0 aromatic carbocycles. The molecule has 0 amide bonds. The first-order chi connectivity index (χ1) is 15.0. The third-order valence-electron chi connectivity index (χ3n) is 8.36. The second-order valence-corrected chi connectivity index (χ2v) is 11.7. The maximum absolute atomic E-state index is 6.41. The van der Waals surface area contributed by atoms with Crippen LogP contribution in [-0.4, -0.2) is 30.7 Å². The number of hydrogen-bond donors (Lipinski definition) is 1. The van der Waals surface area contributed by atoms with Gasteiger partial charge in [0.15, 0.2) is 0 Å². The van der Waals surface area contributed by atoms with E-state index < -0.39 is 0 Å². The fourth-order valence-electron chi connectivity index (χ4n) is 6.27. The van der Waals surface area contributed by atoms with Gasteiger partial charge in [0.1, 0.15) is 0 Å². The zero-order valence-corrected chi connectivity index (χ0v) is 22.1. The van der Waals surface area contributed by atoms with E-state index in [1.807, 2.05) is 0 Å². The van der Waals surface area contributed by atoms with E-state index in [4.69, 9.17) is 16.3 Å². The van der Waals surface area contributed by atoms with E-state index in [0.29, 0.717) is 17.5 Å². The molecule has 0 aromatic heterocycles. The maximum Gasteiger partial charge on any atom is 0.0671 e. The summed E-state index contributed by atoms with van der Waals surface area (Å²) in [6.07, 6.45) is 21.5. The van der Waals surface area contributed by atoms with E-state index in [2.05, 4.69) is 33.0 Å². The van der Waals surface area contributed by atoms with Crippen LogP contribution >= 0.6 is 11.6 Å². The van der Waals surface area contributed by atoms with Crippen molar-refractivity contribution < 1.29 is 4.74 Å². The van der Waals surface area contributed by atoms with Gasteiger partial charge in [-0.15, -0.1) is 11.6 Å². The van der Waals surface area contributed by atoms with Gasteiger partial charge < -0.3 is 10.1 Å². The van der Waals surface area contributed by atoms with Crippen molar-refractivity contribution in [1.82, 2.24) is 5.32 Å². The summed E-state index contributed by atoms with van der Waals surface area (Å²) in [5.41, 5.74) is 0. The van der Waals surface area contributed by atoms with Gasteiger partial charge in [-0.1, -0.05) is 71.6 Å². The number of nitrogens with one attached hydrogen (secondary N) is 1. The van der Waals surface area contributed by atoms with Gasteiger partial charge in [0, 0.05) is 24.6 Å². The largest absolute Gasteiger partial charge is 0.377 e. The van der Waals surface area contributed by atoms with E-state index >= 15 is 0 Å². The van der Waals surface area contributed by atoms with Gasteiger partial charge in [-0.25, -0.2) is 0 Å². The van der Waals surface area contributed by atoms with Crippen molar-refractivity contribution in [3.05, 3.63) is 0 Å². The lowest BCUT2D eigenvalue weighted by Crippen LogP contribution is -2.37. The number of hydrogen-bond acceptors (Lipinski definition) is 2. The molecule has 4 unspecified atom stereocenters. The van der Waals surface area contributed by atoms with E-state index in [9.17, 15) is 0 Å². The first-order valence-corrected chi connectivity index (χ1v) is 14.4. The fourth-order valence-corrected chi connectivity index (χ4v) is 6.65. The van der Waals surface area contributed by atoms with Crippen LogP contribution in [0, 0.1) is 23.7 Å². The molecular formula is C28H54ClNO. The monoisotopic (exact) mass is 455 g/mol. The highest BCUT2D eigenvalue weighted by atomic mass is 35.5. The third kappa shape index (κ3) is 11.3. The molecule has 0 heterocycles. The molecule has 3 rings (SSSR count). The van der Waals surface area contributed by atoms with Gasteiger partial charge in [-0.05, 0) is 76.0 Å². The predicted molar refractivity (Wildman–Crippen MR) is 137 cm³/mol. The van der Waals surface area contributed by atoms with E-state index in [-0.39, 0.29) is 0 Å². The van der Waals surface area contributed by atoms with Crippen molar-refractivity contribution in [3.8, 4) is 0 Å². The van der Waals surface area contributed by atoms with Crippen LogP contribution in [-0.2, 0) is 4.74 Å². The molecule has 31 heavy (non-hydrogen) atoms. The Morgan fingerprint density at radius 3 is 2.13 bits per heavy atom. The molecule has 3 fully saturated rings. The summed E-state index contributed by atoms with van der Waals surface area (Å²) in [7, 11) is 0. The van der Waals surface area contributed by atoms with Crippen molar-refractivity contribution in [2.75, 3.05) is 13.2 Å². The standard InChI is InChI=1S/C21H40ClNO.C7H14/c1-4-21(23-15-16(3)24-5-2)13-17-9-11-18(12-10-17)19-7-6-8-20(22)14-19;1-7-5-3-2-4-6-7/h16-21,23H,4-15H2,1-3H3;7H,2-6H2,1H3. The van der Waals surface area contributed by atoms with Crippen molar-refractivity contribution in [1.29, 1.82) is 0 Å². The van der Waals surface area contributed by atoms with Crippen LogP contribution in [0.5, 0.6) is 0 Å². The Bertz CT molecular complexity index is 431. The Kier molecular flexibility index (Phi) is 14.1. The minimum atomic E-state index is 0.328. The molecule has 0 aliphatic heterocycles. The first-order valence-electron chi connectivity index (χ1n) is 14.0. The van der Waals surface area contributed by atoms with Gasteiger partial charge in [0.05, 0.1) is 6.10 Å². The van der Waals surface area contributed by atoms with Crippen LogP contribution in [0.15, 0.2) is 0 Å². The lowest BCUT2D eigenvalue weighted by Gasteiger charge is -2.38. The summed E-state index contributed by atoms with van der Waals surface area (Å²) >= 11 is 6.41. The number of halogens is 1. The van der Waals surface area contributed by atoms with Crippen molar-refractivity contribution in [2.45, 2.75) is 142 Å². The number of rotatable bonds is 9. The van der Waals surface area contributed by atoms with E-state index in [0.717, 1.165) is 36.8 Å².